The Balaban J connectivity index is 1.73. The van der Waals surface area contributed by atoms with Crippen LogP contribution in [0.1, 0.15) is 29.8 Å². The summed E-state index contributed by atoms with van der Waals surface area (Å²) in [5.74, 6) is 1.07. The van der Waals surface area contributed by atoms with Gasteiger partial charge in [0.15, 0.2) is 5.82 Å². The van der Waals surface area contributed by atoms with E-state index in [1.807, 2.05) is 24.7 Å². The van der Waals surface area contributed by atoms with E-state index in [1.165, 1.54) is 5.56 Å². The SMILES string of the molecule is CC[C@H](c1ccccc1)c1nn2c(-c3ccc(N(C)C)cc3)nnc2s1. The fraction of sp³-hybridized carbons (Fsp3) is 0.250. The third-order valence-electron chi connectivity index (χ3n) is 4.56. The topological polar surface area (TPSA) is 46.3 Å². The molecule has 132 valence electrons. The first-order valence-corrected chi connectivity index (χ1v) is 9.54. The van der Waals surface area contributed by atoms with Gasteiger partial charge >= 0.3 is 0 Å². The minimum absolute atomic E-state index is 0.284. The zero-order valence-corrected chi connectivity index (χ0v) is 15.9. The third kappa shape index (κ3) is 2.97. The molecule has 4 aromatic rings. The van der Waals surface area contributed by atoms with E-state index in [0.717, 1.165) is 33.5 Å². The van der Waals surface area contributed by atoms with Crippen molar-refractivity contribution >= 4 is 22.0 Å². The Hall–Kier alpha value is -2.73. The number of anilines is 1. The van der Waals surface area contributed by atoms with Crippen molar-refractivity contribution in [1.82, 2.24) is 19.8 Å². The van der Waals surface area contributed by atoms with Gasteiger partial charge in [-0.25, -0.2) is 0 Å². The number of hydrogen-bond acceptors (Lipinski definition) is 5. The Bertz CT molecular complexity index is 1000. The summed E-state index contributed by atoms with van der Waals surface area (Å²) in [5, 5.41) is 14.6. The molecule has 0 spiro atoms. The maximum absolute atomic E-state index is 4.85. The van der Waals surface area contributed by atoms with Gasteiger partial charge in [0.25, 0.3) is 0 Å². The summed E-state index contributed by atoms with van der Waals surface area (Å²) in [6, 6.07) is 18.8. The van der Waals surface area contributed by atoms with Crippen molar-refractivity contribution in [3.05, 3.63) is 65.2 Å². The smallest absolute Gasteiger partial charge is 0.234 e. The van der Waals surface area contributed by atoms with E-state index in [0.29, 0.717) is 0 Å². The summed E-state index contributed by atoms with van der Waals surface area (Å²) in [4.78, 5) is 2.91. The first kappa shape index (κ1) is 16.7. The van der Waals surface area contributed by atoms with Crippen LogP contribution in [0, 0.1) is 0 Å². The van der Waals surface area contributed by atoms with Crippen LogP contribution in [0.3, 0.4) is 0 Å². The molecule has 6 heteroatoms. The zero-order valence-electron chi connectivity index (χ0n) is 15.1. The van der Waals surface area contributed by atoms with E-state index in [9.17, 15) is 0 Å². The van der Waals surface area contributed by atoms with Crippen molar-refractivity contribution in [3.8, 4) is 11.4 Å². The monoisotopic (exact) mass is 363 g/mol. The molecule has 0 saturated carbocycles. The van der Waals surface area contributed by atoms with Crippen LogP contribution >= 0.6 is 11.3 Å². The van der Waals surface area contributed by atoms with Gasteiger partial charge < -0.3 is 4.90 Å². The minimum Gasteiger partial charge on any atom is -0.378 e. The van der Waals surface area contributed by atoms with Gasteiger partial charge in [0.1, 0.15) is 5.01 Å². The maximum Gasteiger partial charge on any atom is 0.234 e. The molecule has 0 aliphatic heterocycles. The molecule has 2 heterocycles. The fourth-order valence-electron chi connectivity index (χ4n) is 3.10. The van der Waals surface area contributed by atoms with Gasteiger partial charge in [0.05, 0.1) is 0 Å². The molecule has 0 unspecified atom stereocenters. The van der Waals surface area contributed by atoms with E-state index >= 15 is 0 Å². The predicted octanol–water partition coefficient (Wildman–Crippen LogP) is 4.46. The fourth-order valence-corrected chi connectivity index (χ4v) is 4.15. The second kappa shape index (κ2) is 6.88. The average Bonchev–Trinajstić information content (AvgIpc) is 3.24. The van der Waals surface area contributed by atoms with Crippen LogP contribution in [0.4, 0.5) is 5.69 Å². The largest absolute Gasteiger partial charge is 0.378 e. The number of aromatic nitrogens is 4. The minimum atomic E-state index is 0.284. The molecule has 2 aromatic heterocycles. The Morgan fingerprint density at radius 1 is 1.00 bits per heavy atom. The lowest BCUT2D eigenvalue weighted by Crippen LogP contribution is -2.08. The standard InChI is InChI=1S/C20H21N5S/c1-4-17(14-8-6-5-7-9-14)19-23-25-18(21-22-20(25)26-19)15-10-12-16(13-11-15)24(2)3/h5-13,17H,4H2,1-3H3/t17-/m1/s1. The van der Waals surface area contributed by atoms with Crippen LogP contribution in [-0.2, 0) is 0 Å². The highest BCUT2D eigenvalue weighted by molar-refractivity contribution is 7.16. The molecule has 0 bridgehead atoms. The van der Waals surface area contributed by atoms with Gasteiger partial charge in [-0.05, 0) is 36.2 Å². The lowest BCUT2D eigenvalue weighted by Gasteiger charge is -2.12. The number of hydrogen-bond donors (Lipinski definition) is 0. The third-order valence-corrected chi connectivity index (χ3v) is 5.57. The summed E-state index contributed by atoms with van der Waals surface area (Å²) in [5.41, 5.74) is 3.47. The molecule has 4 rings (SSSR count). The molecule has 0 radical (unpaired) electrons. The Morgan fingerprint density at radius 2 is 1.73 bits per heavy atom. The van der Waals surface area contributed by atoms with Crippen LogP contribution < -0.4 is 4.90 Å². The molecular weight excluding hydrogens is 342 g/mol. The molecule has 26 heavy (non-hydrogen) atoms. The Kier molecular flexibility index (Phi) is 4.42. The quantitative estimate of drug-likeness (QED) is 0.525. The molecule has 0 amide bonds. The number of rotatable bonds is 5. The second-order valence-corrected chi connectivity index (χ2v) is 7.46. The predicted molar refractivity (Wildman–Crippen MR) is 107 cm³/mol. The molecule has 0 fully saturated rings. The molecule has 0 N–H and O–H groups in total. The normalized spacial score (nSPS) is 12.4. The van der Waals surface area contributed by atoms with Crippen molar-refractivity contribution < 1.29 is 0 Å². The molecule has 0 saturated heterocycles. The van der Waals surface area contributed by atoms with Gasteiger partial charge in [-0.15, -0.1) is 10.2 Å². The zero-order chi connectivity index (χ0) is 18.1. The van der Waals surface area contributed by atoms with Crippen LogP contribution in [0.15, 0.2) is 54.6 Å². The summed E-state index contributed by atoms with van der Waals surface area (Å²) < 4.78 is 1.87. The highest BCUT2D eigenvalue weighted by atomic mass is 32.1. The highest BCUT2D eigenvalue weighted by Gasteiger charge is 2.20. The highest BCUT2D eigenvalue weighted by Crippen LogP contribution is 2.32. The first-order chi connectivity index (χ1) is 12.7. The lowest BCUT2D eigenvalue weighted by atomic mass is 9.97. The molecule has 5 nitrogen and oxygen atoms in total. The van der Waals surface area contributed by atoms with Gasteiger partial charge in [-0.2, -0.15) is 9.61 Å². The van der Waals surface area contributed by atoms with Crippen LogP contribution in [0.2, 0.25) is 0 Å². The molecular formula is C20H21N5S. The van der Waals surface area contributed by atoms with E-state index in [-0.39, 0.29) is 5.92 Å². The average molecular weight is 363 g/mol. The number of fused-ring (bicyclic) bond motifs is 1. The van der Waals surface area contributed by atoms with Gasteiger partial charge in [0.2, 0.25) is 4.96 Å². The molecule has 1 atom stereocenters. The Morgan fingerprint density at radius 3 is 2.38 bits per heavy atom. The van der Waals surface area contributed by atoms with Crippen LogP contribution in [0.5, 0.6) is 0 Å². The van der Waals surface area contributed by atoms with Crippen molar-refractivity contribution in [1.29, 1.82) is 0 Å². The maximum atomic E-state index is 4.85. The van der Waals surface area contributed by atoms with Crippen LogP contribution in [-0.4, -0.2) is 33.9 Å². The summed E-state index contributed by atoms with van der Waals surface area (Å²) in [6.45, 7) is 2.20. The van der Waals surface area contributed by atoms with Gasteiger partial charge in [0, 0.05) is 31.3 Å². The van der Waals surface area contributed by atoms with E-state index in [4.69, 9.17) is 5.10 Å². The van der Waals surface area contributed by atoms with Crippen molar-refractivity contribution in [2.24, 2.45) is 0 Å². The van der Waals surface area contributed by atoms with Crippen molar-refractivity contribution in [2.75, 3.05) is 19.0 Å². The number of benzene rings is 2. The Labute approximate surface area is 156 Å². The summed E-state index contributed by atoms with van der Waals surface area (Å²) in [7, 11) is 4.07. The van der Waals surface area contributed by atoms with E-state index < -0.39 is 0 Å². The number of nitrogens with zero attached hydrogens (tertiary/aromatic N) is 5. The van der Waals surface area contributed by atoms with E-state index in [1.54, 1.807) is 11.3 Å². The van der Waals surface area contributed by atoms with Gasteiger partial charge in [-0.1, -0.05) is 48.6 Å². The second-order valence-electron chi connectivity index (χ2n) is 6.47. The molecule has 0 aliphatic carbocycles. The van der Waals surface area contributed by atoms with Gasteiger partial charge in [-0.3, -0.25) is 0 Å². The van der Waals surface area contributed by atoms with Crippen molar-refractivity contribution in [2.45, 2.75) is 19.3 Å². The van der Waals surface area contributed by atoms with Crippen LogP contribution in [0.25, 0.3) is 16.3 Å². The molecule has 0 aliphatic rings. The lowest BCUT2D eigenvalue weighted by molar-refractivity contribution is 0.743. The first-order valence-electron chi connectivity index (χ1n) is 8.72. The van der Waals surface area contributed by atoms with E-state index in [2.05, 4.69) is 70.6 Å². The van der Waals surface area contributed by atoms with Crippen molar-refractivity contribution in [3.63, 3.8) is 0 Å². The molecule has 2 aromatic carbocycles. The summed E-state index contributed by atoms with van der Waals surface area (Å²) in [6.07, 6.45) is 1.00. The summed E-state index contributed by atoms with van der Waals surface area (Å²) >= 11 is 1.62.